The van der Waals surface area contributed by atoms with E-state index in [2.05, 4.69) is 5.32 Å². The second kappa shape index (κ2) is 8.75. The van der Waals surface area contributed by atoms with Gasteiger partial charge in [0, 0.05) is 19.5 Å². The molecule has 4 nitrogen and oxygen atoms in total. The smallest absolute Gasteiger partial charge is 0.225 e. The zero-order chi connectivity index (χ0) is 20.1. The molecule has 1 N–H and O–H groups in total. The summed E-state index contributed by atoms with van der Waals surface area (Å²) in [6.07, 6.45) is 0.0143. The molecular formula is C21H24F2N2O2. The van der Waals surface area contributed by atoms with Crippen molar-refractivity contribution in [2.45, 2.75) is 39.3 Å². The molecule has 2 unspecified atom stereocenters. The predicted molar refractivity (Wildman–Crippen MR) is 99.9 cm³/mol. The number of amides is 2. The lowest BCUT2D eigenvalue weighted by Crippen LogP contribution is -2.35. The van der Waals surface area contributed by atoms with Gasteiger partial charge >= 0.3 is 0 Å². The molecule has 144 valence electrons. The Morgan fingerprint density at radius 1 is 1.11 bits per heavy atom. The summed E-state index contributed by atoms with van der Waals surface area (Å²) in [5, 5.41) is 2.78. The van der Waals surface area contributed by atoms with Gasteiger partial charge in [-0.25, -0.2) is 8.78 Å². The van der Waals surface area contributed by atoms with Crippen LogP contribution in [0.15, 0.2) is 42.5 Å². The highest BCUT2D eigenvalue weighted by Crippen LogP contribution is 2.25. The molecule has 0 spiro atoms. The molecule has 0 saturated carbocycles. The lowest BCUT2D eigenvalue weighted by atomic mass is 10.0. The second-order valence-corrected chi connectivity index (χ2v) is 6.71. The fraction of sp³-hybridized carbons (Fsp3) is 0.333. The highest BCUT2D eigenvalue weighted by molar-refractivity contribution is 5.79. The highest BCUT2D eigenvalue weighted by atomic mass is 19.1. The monoisotopic (exact) mass is 374 g/mol. The van der Waals surface area contributed by atoms with Gasteiger partial charge in [0.2, 0.25) is 11.8 Å². The normalized spacial score (nSPS) is 13.0. The van der Waals surface area contributed by atoms with E-state index in [0.29, 0.717) is 0 Å². The average Bonchev–Trinajstić information content (AvgIpc) is 2.62. The maximum Gasteiger partial charge on any atom is 0.225 e. The maximum atomic E-state index is 14.0. The van der Waals surface area contributed by atoms with Crippen LogP contribution in [-0.4, -0.2) is 23.8 Å². The van der Waals surface area contributed by atoms with Gasteiger partial charge in [0.1, 0.15) is 11.6 Å². The first-order valence-corrected chi connectivity index (χ1v) is 8.73. The van der Waals surface area contributed by atoms with Crippen molar-refractivity contribution in [2.24, 2.45) is 0 Å². The standard InChI is InChI=1S/C21H24F2N2O2/c1-13-5-7-16(8-6-13)20(24-15(3)26)12-21(27)25(4)14(2)18-11-17(22)9-10-19(18)23/h5-11,14,20H,12H2,1-4H3,(H,24,26). The first-order chi connectivity index (χ1) is 12.7. The van der Waals surface area contributed by atoms with Crippen LogP contribution in [0.3, 0.4) is 0 Å². The molecule has 0 heterocycles. The Bertz CT molecular complexity index is 821. The van der Waals surface area contributed by atoms with Gasteiger partial charge in [-0.2, -0.15) is 0 Å². The minimum atomic E-state index is -0.649. The molecule has 2 rings (SSSR count). The van der Waals surface area contributed by atoms with Gasteiger partial charge in [-0.05, 0) is 37.6 Å². The van der Waals surface area contributed by atoms with Crippen LogP contribution in [0, 0.1) is 18.6 Å². The van der Waals surface area contributed by atoms with Crippen molar-refractivity contribution < 1.29 is 18.4 Å². The van der Waals surface area contributed by atoms with Crippen LogP contribution >= 0.6 is 0 Å². The van der Waals surface area contributed by atoms with Gasteiger partial charge in [0.15, 0.2) is 0 Å². The lowest BCUT2D eigenvalue weighted by molar-refractivity contribution is -0.132. The van der Waals surface area contributed by atoms with Crippen molar-refractivity contribution in [1.82, 2.24) is 10.2 Å². The SMILES string of the molecule is CC(=O)NC(CC(=O)N(C)C(C)c1cc(F)ccc1F)c1ccc(C)cc1. The van der Waals surface area contributed by atoms with Crippen LogP contribution in [0.2, 0.25) is 0 Å². The molecule has 6 heteroatoms. The van der Waals surface area contributed by atoms with Crippen molar-refractivity contribution in [3.8, 4) is 0 Å². The highest BCUT2D eigenvalue weighted by Gasteiger charge is 2.24. The topological polar surface area (TPSA) is 49.4 Å². The summed E-state index contributed by atoms with van der Waals surface area (Å²) in [6.45, 7) is 4.97. The van der Waals surface area contributed by atoms with Crippen LogP contribution < -0.4 is 5.32 Å². The first-order valence-electron chi connectivity index (χ1n) is 8.73. The van der Waals surface area contributed by atoms with E-state index in [1.807, 2.05) is 31.2 Å². The van der Waals surface area contributed by atoms with Crippen LogP contribution in [-0.2, 0) is 9.59 Å². The number of halogens is 2. The molecule has 2 aromatic rings. The fourth-order valence-electron chi connectivity index (χ4n) is 2.87. The molecule has 0 aromatic heterocycles. The van der Waals surface area contributed by atoms with Crippen molar-refractivity contribution in [1.29, 1.82) is 0 Å². The molecule has 27 heavy (non-hydrogen) atoms. The number of aryl methyl sites for hydroxylation is 1. The molecule has 0 bridgehead atoms. The van der Waals surface area contributed by atoms with Gasteiger partial charge in [-0.3, -0.25) is 9.59 Å². The van der Waals surface area contributed by atoms with E-state index in [1.165, 1.54) is 18.9 Å². The van der Waals surface area contributed by atoms with Crippen molar-refractivity contribution in [3.63, 3.8) is 0 Å². The average molecular weight is 374 g/mol. The zero-order valence-electron chi connectivity index (χ0n) is 15.9. The van der Waals surface area contributed by atoms with Crippen molar-refractivity contribution >= 4 is 11.8 Å². The number of hydrogen-bond acceptors (Lipinski definition) is 2. The number of nitrogens with zero attached hydrogens (tertiary/aromatic N) is 1. The third kappa shape index (κ3) is 5.36. The molecule has 0 saturated heterocycles. The molecule has 2 aromatic carbocycles. The first kappa shape index (κ1) is 20.6. The largest absolute Gasteiger partial charge is 0.349 e. The molecule has 2 amide bonds. The minimum absolute atomic E-state index is 0.0143. The Hall–Kier alpha value is -2.76. The summed E-state index contributed by atoms with van der Waals surface area (Å²) in [6, 6.07) is 9.56. The number of carbonyl (C=O) groups excluding carboxylic acids is 2. The van der Waals surface area contributed by atoms with Gasteiger partial charge < -0.3 is 10.2 Å². The van der Waals surface area contributed by atoms with E-state index < -0.39 is 23.7 Å². The van der Waals surface area contributed by atoms with Crippen LogP contribution in [0.5, 0.6) is 0 Å². The summed E-state index contributed by atoms with van der Waals surface area (Å²) in [4.78, 5) is 25.7. The van der Waals surface area contributed by atoms with Gasteiger partial charge in [-0.15, -0.1) is 0 Å². The molecule has 0 fully saturated rings. The number of rotatable bonds is 6. The van der Waals surface area contributed by atoms with Crippen LogP contribution in [0.1, 0.15) is 49.0 Å². The Morgan fingerprint density at radius 2 is 1.74 bits per heavy atom. The van der Waals surface area contributed by atoms with E-state index in [4.69, 9.17) is 0 Å². The van der Waals surface area contributed by atoms with Crippen LogP contribution in [0.4, 0.5) is 8.78 Å². The second-order valence-electron chi connectivity index (χ2n) is 6.71. The number of carbonyl (C=O) groups is 2. The van der Waals surface area contributed by atoms with E-state index >= 15 is 0 Å². The van der Waals surface area contributed by atoms with E-state index in [-0.39, 0.29) is 23.8 Å². The zero-order valence-corrected chi connectivity index (χ0v) is 15.9. The Balaban J connectivity index is 2.19. The third-order valence-electron chi connectivity index (χ3n) is 4.62. The number of benzene rings is 2. The van der Waals surface area contributed by atoms with Gasteiger partial charge in [0.25, 0.3) is 0 Å². The number of nitrogens with one attached hydrogen (secondary N) is 1. The summed E-state index contributed by atoms with van der Waals surface area (Å²) in [5.74, 6) is -1.67. The lowest BCUT2D eigenvalue weighted by Gasteiger charge is -2.28. The molecule has 0 aliphatic rings. The predicted octanol–water partition coefficient (Wildman–Crippen LogP) is 4.06. The maximum absolute atomic E-state index is 14.0. The van der Waals surface area contributed by atoms with Crippen LogP contribution in [0.25, 0.3) is 0 Å². The summed E-state index contributed by atoms with van der Waals surface area (Å²) in [5.41, 5.74) is 1.98. The van der Waals surface area contributed by atoms with E-state index in [1.54, 1.807) is 6.92 Å². The van der Waals surface area contributed by atoms with Crippen molar-refractivity contribution in [3.05, 3.63) is 70.8 Å². The quantitative estimate of drug-likeness (QED) is 0.829. The molecule has 0 aliphatic carbocycles. The summed E-state index contributed by atoms with van der Waals surface area (Å²) < 4.78 is 27.5. The fourth-order valence-corrected chi connectivity index (χ4v) is 2.87. The molecule has 0 radical (unpaired) electrons. The summed E-state index contributed by atoms with van der Waals surface area (Å²) >= 11 is 0. The Morgan fingerprint density at radius 3 is 2.33 bits per heavy atom. The molecule has 2 atom stereocenters. The minimum Gasteiger partial charge on any atom is -0.349 e. The van der Waals surface area contributed by atoms with E-state index in [9.17, 15) is 18.4 Å². The summed E-state index contributed by atoms with van der Waals surface area (Å²) in [7, 11) is 1.54. The Labute approximate surface area is 158 Å². The molecule has 0 aliphatic heterocycles. The third-order valence-corrected chi connectivity index (χ3v) is 4.62. The van der Waals surface area contributed by atoms with Gasteiger partial charge in [-0.1, -0.05) is 29.8 Å². The number of hydrogen-bond donors (Lipinski definition) is 1. The molecular weight excluding hydrogens is 350 g/mol. The van der Waals surface area contributed by atoms with Crippen molar-refractivity contribution in [2.75, 3.05) is 7.05 Å². The van der Waals surface area contributed by atoms with E-state index in [0.717, 1.165) is 29.3 Å². The Kier molecular flexibility index (Phi) is 6.66. The van der Waals surface area contributed by atoms with Gasteiger partial charge in [0.05, 0.1) is 18.5 Å².